The average molecular weight is 315 g/mol. The number of benzene rings is 1. The van der Waals surface area contributed by atoms with Crippen LogP contribution in [0.3, 0.4) is 0 Å². The van der Waals surface area contributed by atoms with Gasteiger partial charge >= 0.3 is 0 Å². The van der Waals surface area contributed by atoms with Crippen LogP contribution in [-0.2, 0) is 6.54 Å². The molecule has 1 heterocycles. The van der Waals surface area contributed by atoms with Crippen molar-refractivity contribution in [1.29, 1.82) is 0 Å². The Kier molecular flexibility index (Phi) is 4.76. The molecule has 1 aromatic carbocycles. The second kappa shape index (κ2) is 6.13. The van der Waals surface area contributed by atoms with Gasteiger partial charge in [-0.1, -0.05) is 22.0 Å². The molecule has 2 atom stereocenters. The molecule has 1 aliphatic rings. The highest BCUT2D eigenvalue weighted by Crippen LogP contribution is 2.21. The second-order valence-electron chi connectivity index (χ2n) is 5.13. The van der Waals surface area contributed by atoms with Gasteiger partial charge in [-0.15, -0.1) is 0 Å². The van der Waals surface area contributed by atoms with Crippen LogP contribution >= 0.6 is 15.9 Å². The fraction of sp³-hybridized carbons (Fsp3) is 0.571. The van der Waals surface area contributed by atoms with Gasteiger partial charge in [0.15, 0.2) is 0 Å². The molecule has 2 rings (SSSR count). The Morgan fingerprint density at radius 3 is 2.94 bits per heavy atom. The van der Waals surface area contributed by atoms with Crippen molar-refractivity contribution in [2.24, 2.45) is 0 Å². The molecule has 0 aromatic heterocycles. The highest BCUT2D eigenvalue weighted by Gasteiger charge is 2.22. The van der Waals surface area contributed by atoms with E-state index in [9.17, 15) is 4.39 Å². The number of rotatable bonds is 3. The third kappa shape index (κ3) is 3.31. The van der Waals surface area contributed by atoms with Crippen LogP contribution < -0.4 is 5.32 Å². The van der Waals surface area contributed by atoms with E-state index in [-0.39, 0.29) is 5.82 Å². The summed E-state index contributed by atoms with van der Waals surface area (Å²) in [5, 5.41) is 3.47. The molecule has 1 aromatic rings. The van der Waals surface area contributed by atoms with Crippen molar-refractivity contribution in [3.05, 3.63) is 34.1 Å². The fourth-order valence-electron chi connectivity index (χ4n) is 2.42. The van der Waals surface area contributed by atoms with Crippen LogP contribution in [-0.4, -0.2) is 30.6 Å². The first-order valence-electron chi connectivity index (χ1n) is 6.44. The van der Waals surface area contributed by atoms with Crippen LogP contribution in [0.1, 0.15) is 25.3 Å². The topological polar surface area (TPSA) is 15.3 Å². The van der Waals surface area contributed by atoms with Crippen molar-refractivity contribution in [2.75, 3.05) is 13.6 Å². The minimum absolute atomic E-state index is 0.141. The predicted octanol–water partition coefficient (Wildman–Crippen LogP) is 3.16. The summed E-state index contributed by atoms with van der Waals surface area (Å²) in [5.74, 6) is -0.141. The van der Waals surface area contributed by atoms with Gasteiger partial charge in [0.05, 0.1) is 0 Å². The summed E-state index contributed by atoms with van der Waals surface area (Å²) in [7, 11) is 2.16. The van der Waals surface area contributed by atoms with Gasteiger partial charge in [-0.2, -0.15) is 0 Å². The van der Waals surface area contributed by atoms with E-state index >= 15 is 0 Å². The number of piperidine rings is 1. The summed E-state index contributed by atoms with van der Waals surface area (Å²) in [6.45, 7) is 3.94. The summed E-state index contributed by atoms with van der Waals surface area (Å²) < 4.78 is 14.5. The summed E-state index contributed by atoms with van der Waals surface area (Å²) in [4.78, 5) is 2.37. The van der Waals surface area contributed by atoms with Gasteiger partial charge in [0.1, 0.15) is 5.82 Å². The van der Waals surface area contributed by atoms with E-state index in [1.165, 1.54) is 6.07 Å². The third-order valence-electron chi connectivity index (χ3n) is 3.84. The minimum Gasteiger partial charge on any atom is -0.310 e. The molecule has 0 spiro atoms. The lowest BCUT2D eigenvalue weighted by molar-refractivity contribution is 0.168. The summed E-state index contributed by atoms with van der Waals surface area (Å²) in [5.41, 5.74) is 0.726. The molecule has 1 N–H and O–H groups in total. The van der Waals surface area contributed by atoms with Crippen molar-refractivity contribution in [1.82, 2.24) is 10.2 Å². The Labute approximate surface area is 117 Å². The van der Waals surface area contributed by atoms with Crippen LogP contribution in [0.25, 0.3) is 0 Å². The van der Waals surface area contributed by atoms with E-state index in [1.54, 1.807) is 6.07 Å². The molecule has 0 unspecified atom stereocenters. The van der Waals surface area contributed by atoms with E-state index in [0.717, 1.165) is 29.4 Å². The maximum absolute atomic E-state index is 13.7. The van der Waals surface area contributed by atoms with Gasteiger partial charge in [-0.25, -0.2) is 4.39 Å². The van der Waals surface area contributed by atoms with Crippen LogP contribution in [0.5, 0.6) is 0 Å². The molecular weight excluding hydrogens is 295 g/mol. The molecule has 0 amide bonds. The monoisotopic (exact) mass is 314 g/mol. The average Bonchev–Trinajstić information content (AvgIpc) is 2.33. The van der Waals surface area contributed by atoms with Crippen LogP contribution in [0.15, 0.2) is 22.7 Å². The molecule has 0 bridgehead atoms. The number of nitrogens with one attached hydrogen (secondary N) is 1. The van der Waals surface area contributed by atoms with E-state index < -0.39 is 0 Å². The maximum atomic E-state index is 13.7. The van der Waals surface area contributed by atoms with Gasteiger partial charge in [-0.05, 0) is 45.5 Å². The number of hydrogen-bond acceptors (Lipinski definition) is 2. The van der Waals surface area contributed by atoms with Crippen LogP contribution in [0.2, 0.25) is 0 Å². The molecule has 1 aliphatic heterocycles. The first-order valence-corrected chi connectivity index (χ1v) is 7.23. The van der Waals surface area contributed by atoms with Crippen molar-refractivity contribution < 1.29 is 4.39 Å². The second-order valence-corrected chi connectivity index (χ2v) is 5.99. The zero-order valence-corrected chi connectivity index (χ0v) is 12.5. The quantitative estimate of drug-likeness (QED) is 0.922. The SMILES string of the molecule is C[C@@H]1C[C@@H](NCc2c(F)cccc2Br)CCN1C. The van der Waals surface area contributed by atoms with E-state index in [2.05, 4.69) is 40.1 Å². The van der Waals surface area contributed by atoms with Crippen molar-refractivity contribution >= 4 is 15.9 Å². The van der Waals surface area contributed by atoms with E-state index in [0.29, 0.717) is 18.6 Å². The third-order valence-corrected chi connectivity index (χ3v) is 4.58. The van der Waals surface area contributed by atoms with Crippen LogP contribution in [0, 0.1) is 5.82 Å². The number of halogens is 2. The Morgan fingerprint density at radius 2 is 2.28 bits per heavy atom. The predicted molar refractivity (Wildman–Crippen MR) is 76.1 cm³/mol. The first kappa shape index (κ1) is 14.0. The Hall–Kier alpha value is -0.450. The standard InChI is InChI=1S/C14H20BrFN2/c1-10-8-11(6-7-18(10)2)17-9-12-13(15)4-3-5-14(12)16/h3-5,10-11,17H,6-9H2,1-2H3/t10-,11+/m1/s1. The van der Waals surface area contributed by atoms with Gasteiger partial charge < -0.3 is 10.2 Å². The molecular formula is C14H20BrFN2. The number of likely N-dealkylation sites (tertiary alicyclic amines) is 1. The summed E-state index contributed by atoms with van der Waals surface area (Å²) in [6.07, 6.45) is 2.26. The molecule has 18 heavy (non-hydrogen) atoms. The van der Waals surface area contributed by atoms with E-state index in [1.807, 2.05) is 6.07 Å². The molecule has 2 nitrogen and oxygen atoms in total. The zero-order valence-electron chi connectivity index (χ0n) is 10.9. The lowest BCUT2D eigenvalue weighted by atomic mass is 9.98. The Morgan fingerprint density at radius 1 is 1.50 bits per heavy atom. The van der Waals surface area contributed by atoms with Gasteiger partial charge in [0.2, 0.25) is 0 Å². The minimum atomic E-state index is -0.141. The van der Waals surface area contributed by atoms with Crippen LogP contribution in [0.4, 0.5) is 4.39 Å². The molecule has 100 valence electrons. The lowest BCUT2D eigenvalue weighted by Gasteiger charge is -2.35. The number of nitrogens with zero attached hydrogens (tertiary/aromatic N) is 1. The van der Waals surface area contributed by atoms with Gasteiger partial charge in [-0.3, -0.25) is 0 Å². The molecule has 1 fully saturated rings. The van der Waals surface area contributed by atoms with Crippen molar-refractivity contribution in [2.45, 2.75) is 38.4 Å². The molecule has 4 heteroatoms. The maximum Gasteiger partial charge on any atom is 0.128 e. The fourth-order valence-corrected chi connectivity index (χ4v) is 2.90. The molecule has 1 saturated heterocycles. The normalized spacial score (nSPS) is 25.3. The molecule has 0 saturated carbocycles. The van der Waals surface area contributed by atoms with Crippen molar-refractivity contribution in [3.8, 4) is 0 Å². The summed E-state index contributed by atoms with van der Waals surface area (Å²) >= 11 is 3.41. The lowest BCUT2D eigenvalue weighted by Crippen LogP contribution is -2.45. The van der Waals surface area contributed by atoms with Gasteiger partial charge in [0.25, 0.3) is 0 Å². The number of hydrogen-bond donors (Lipinski definition) is 1. The Bertz CT molecular complexity index is 391. The smallest absolute Gasteiger partial charge is 0.128 e. The highest BCUT2D eigenvalue weighted by molar-refractivity contribution is 9.10. The highest BCUT2D eigenvalue weighted by atomic mass is 79.9. The van der Waals surface area contributed by atoms with E-state index in [4.69, 9.17) is 0 Å². The first-order chi connectivity index (χ1) is 8.58. The molecule has 0 radical (unpaired) electrons. The summed E-state index contributed by atoms with van der Waals surface area (Å²) in [6, 6.07) is 6.21. The van der Waals surface area contributed by atoms with Gasteiger partial charge in [0, 0.05) is 28.7 Å². The molecule has 0 aliphatic carbocycles. The van der Waals surface area contributed by atoms with Crippen molar-refractivity contribution in [3.63, 3.8) is 0 Å². The zero-order chi connectivity index (χ0) is 13.1. The Balaban J connectivity index is 1.92. The largest absolute Gasteiger partial charge is 0.310 e.